The lowest BCUT2D eigenvalue weighted by molar-refractivity contribution is 0.142. The minimum atomic E-state index is -3.29. The summed E-state index contributed by atoms with van der Waals surface area (Å²) in [4.78, 5) is 4.31. The van der Waals surface area contributed by atoms with Crippen LogP contribution in [0.4, 0.5) is 5.82 Å². The average molecular weight is 284 g/mol. The topological polar surface area (TPSA) is 79.3 Å². The zero-order valence-electron chi connectivity index (χ0n) is 11.1. The molecular weight excluding hydrogens is 264 g/mol. The molecule has 0 spiro atoms. The van der Waals surface area contributed by atoms with E-state index < -0.39 is 9.84 Å². The number of nitrogens with one attached hydrogen (secondary N) is 1. The monoisotopic (exact) mass is 284 g/mol. The van der Waals surface area contributed by atoms with Gasteiger partial charge in [0.15, 0.2) is 9.84 Å². The van der Waals surface area contributed by atoms with Crippen LogP contribution in [0.25, 0.3) is 0 Å². The van der Waals surface area contributed by atoms with Gasteiger partial charge in [-0.2, -0.15) is 0 Å². The van der Waals surface area contributed by atoms with Crippen LogP contribution in [-0.2, 0) is 9.84 Å². The van der Waals surface area contributed by atoms with Crippen molar-refractivity contribution in [1.29, 1.82) is 0 Å². The second-order valence-electron chi connectivity index (χ2n) is 5.34. The van der Waals surface area contributed by atoms with Crippen LogP contribution in [0.5, 0.6) is 0 Å². The third-order valence-corrected chi connectivity index (χ3v) is 4.93. The van der Waals surface area contributed by atoms with Crippen LogP contribution in [0, 0.1) is 5.41 Å². The zero-order valence-corrected chi connectivity index (χ0v) is 11.9. The molecule has 106 valence electrons. The van der Waals surface area contributed by atoms with Gasteiger partial charge < -0.3 is 10.4 Å². The third-order valence-electron chi connectivity index (χ3n) is 3.80. The summed E-state index contributed by atoms with van der Waals surface area (Å²) < 4.78 is 23.3. The first-order chi connectivity index (χ1) is 8.97. The maximum Gasteiger partial charge on any atom is 0.179 e. The number of hydrogen-bond donors (Lipinski definition) is 2. The van der Waals surface area contributed by atoms with E-state index in [1.807, 2.05) is 0 Å². The van der Waals surface area contributed by atoms with Crippen LogP contribution in [0.3, 0.4) is 0 Å². The van der Waals surface area contributed by atoms with Crippen molar-refractivity contribution in [1.82, 2.24) is 4.98 Å². The number of nitrogens with zero attached hydrogens (tertiary/aromatic N) is 1. The van der Waals surface area contributed by atoms with Gasteiger partial charge in [-0.3, -0.25) is 0 Å². The highest BCUT2D eigenvalue weighted by Crippen LogP contribution is 2.37. The molecule has 1 heterocycles. The fourth-order valence-corrected chi connectivity index (χ4v) is 3.41. The SMILES string of the molecule is CS(=O)(=O)c1cccnc1NCC1(CO)CCCC1. The van der Waals surface area contributed by atoms with Gasteiger partial charge in [-0.1, -0.05) is 12.8 Å². The Labute approximate surface area is 114 Å². The molecule has 0 aliphatic heterocycles. The van der Waals surface area contributed by atoms with Crippen molar-refractivity contribution in [3.8, 4) is 0 Å². The largest absolute Gasteiger partial charge is 0.396 e. The van der Waals surface area contributed by atoms with Crippen molar-refractivity contribution in [2.75, 3.05) is 24.7 Å². The molecular formula is C13H20N2O3S. The molecule has 0 amide bonds. The molecule has 1 aromatic heterocycles. The Morgan fingerprint density at radius 2 is 2.11 bits per heavy atom. The van der Waals surface area contributed by atoms with Crippen molar-refractivity contribution >= 4 is 15.7 Å². The molecule has 6 heteroatoms. The molecule has 2 rings (SSSR count). The number of sulfone groups is 1. The van der Waals surface area contributed by atoms with Gasteiger partial charge in [0, 0.05) is 24.4 Å². The first-order valence-corrected chi connectivity index (χ1v) is 8.36. The summed E-state index contributed by atoms with van der Waals surface area (Å²) in [5.74, 6) is 0.379. The summed E-state index contributed by atoms with van der Waals surface area (Å²) in [5.41, 5.74) is -0.133. The molecule has 1 aliphatic carbocycles. The highest BCUT2D eigenvalue weighted by molar-refractivity contribution is 7.90. The first kappa shape index (κ1) is 14.3. The third kappa shape index (κ3) is 3.25. The Kier molecular flexibility index (Phi) is 4.10. The van der Waals surface area contributed by atoms with E-state index >= 15 is 0 Å². The molecule has 0 radical (unpaired) electrons. The number of aliphatic hydroxyl groups is 1. The lowest BCUT2D eigenvalue weighted by Crippen LogP contribution is -2.31. The van der Waals surface area contributed by atoms with E-state index in [-0.39, 0.29) is 16.9 Å². The van der Waals surface area contributed by atoms with E-state index in [1.54, 1.807) is 18.3 Å². The number of pyridine rings is 1. The molecule has 0 atom stereocenters. The van der Waals surface area contributed by atoms with Gasteiger partial charge in [0.05, 0.1) is 6.61 Å². The predicted molar refractivity (Wildman–Crippen MR) is 73.8 cm³/mol. The summed E-state index contributed by atoms with van der Waals surface area (Å²) >= 11 is 0. The zero-order chi connectivity index (χ0) is 13.9. The Morgan fingerprint density at radius 1 is 1.42 bits per heavy atom. The number of anilines is 1. The summed E-state index contributed by atoms with van der Waals surface area (Å²) in [7, 11) is -3.29. The van der Waals surface area contributed by atoms with Gasteiger partial charge in [-0.15, -0.1) is 0 Å². The van der Waals surface area contributed by atoms with Gasteiger partial charge in [0.25, 0.3) is 0 Å². The number of aliphatic hydroxyl groups excluding tert-OH is 1. The Balaban J connectivity index is 2.16. The Bertz CT molecular complexity index is 537. The van der Waals surface area contributed by atoms with Gasteiger partial charge in [0.2, 0.25) is 0 Å². The van der Waals surface area contributed by atoms with Crippen LogP contribution < -0.4 is 5.32 Å². The predicted octanol–water partition coefficient (Wildman–Crippen LogP) is 1.45. The molecule has 0 saturated heterocycles. The van der Waals surface area contributed by atoms with Crippen LogP contribution in [0.15, 0.2) is 23.2 Å². The fraction of sp³-hybridized carbons (Fsp3) is 0.615. The van der Waals surface area contributed by atoms with E-state index in [1.165, 1.54) is 6.26 Å². The second-order valence-corrected chi connectivity index (χ2v) is 7.33. The first-order valence-electron chi connectivity index (χ1n) is 6.47. The van der Waals surface area contributed by atoms with Gasteiger partial charge >= 0.3 is 0 Å². The molecule has 5 nitrogen and oxygen atoms in total. The average Bonchev–Trinajstić information content (AvgIpc) is 2.85. The van der Waals surface area contributed by atoms with Gasteiger partial charge in [-0.05, 0) is 25.0 Å². The van der Waals surface area contributed by atoms with Gasteiger partial charge in [0.1, 0.15) is 10.7 Å². The van der Waals surface area contributed by atoms with Crippen LogP contribution in [0.1, 0.15) is 25.7 Å². The molecule has 1 aromatic rings. The molecule has 0 bridgehead atoms. The molecule has 1 fully saturated rings. The lowest BCUT2D eigenvalue weighted by Gasteiger charge is -2.27. The van der Waals surface area contributed by atoms with E-state index in [2.05, 4.69) is 10.3 Å². The number of rotatable bonds is 5. The molecule has 1 aliphatic rings. The quantitative estimate of drug-likeness (QED) is 0.855. The maximum absolute atomic E-state index is 11.7. The lowest BCUT2D eigenvalue weighted by atomic mass is 9.87. The summed E-state index contributed by atoms with van der Waals surface area (Å²) in [6, 6.07) is 3.16. The van der Waals surface area contributed by atoms with Crippen molar-refractivity contribution in [3.05, 3.63) is 18.3 Å². The highest BCUT2D eigenvalue weighted by atomic mass is 32.2. The van der Waals surface area contributed by atoms with E-state index in [0.29, 0.717) is 12.4 Å². The number of hydrogen-bond acceptors (Lipinski definition) is 5. The molecule has 0 aromatic carbocycles. The van der Waals surface area contributed by atoms with Crippen molar-refractivity contribution in [2.45, 2.75) is 30.6 Å². The maximum atomic E-state index is 11.7. The second kappa shape index (κ2) is 5.46. The fourth-order valence-electron chi connectivity index (χ4n) is 2.61. The van der Waals surface area contributed by atoms with Crippen molar-refractivity contribution in [2.24, 2.45) is 5.41 Å². The van der Waals surface area contributed by atoms with Crippen LogP contribution in [-0.4, -0.2) is 37.9 Å². The molecule has 1 saturated carbocycles. The smallest absolute Gasteiger partial charge is 0.179 e. The molecule has 0 unspecified atom stereocenters. The minimum absolute atomic E-state index is 0.126. The summed E-state index contributed by atoms with van der Waals surface area (Å²) in [5, 5.41) is 12.6. The van der Waals surface area contributed by atoms with Crippen LogP contribution >= 0.6 is 0 Å². The molecule has 2 N–H and O–H groups in total. The van der Waals surface area contributed by atoms with E-state index in [4.69, 9.17) is 0 Å². The Hall–Kier alpha value is -1.14. The van der Waals surface area contributed by atoms with E-state index in [9.17, 15) is 13.5 Å². The minimum Gasteiger partial charge on any atom is -0.396 e. The van der Waals surface area contributed by atoms with Crippen molar-refractivity contribution < 1.29 is 13.5 Å². The summed E-state index contributed by atoms with van der Waals surface area (Å²) in [6.07, 6.45) is 6.91. The normalized spacial score (nSPS) is 18.4. The van der Waals surface area contributed by atoms with E-state index in [0.717, 1.165) is 25.7 Å². The Morgan fingerprint density at radius 3 is 2.68 bits per heavy atom. The molecule has 19 heavy (non-hydrogen) atoms. The number of aromatic nitrogens is 1. The van der Waals surface area contributed by atoms with Gasteiger partial charge in [-0.25, -0.2) is 13.4 Å². The summed E-state index contributed by atoms with van der Waals surface area (Å²) in [6.45, 7) is 0.685. The highest BCUT2D eigenvalue weighted by Gasteiger charge is 2.33. The van der Waals surface area contributed by atoms with Crippen LogP contribution in [0.2, 0.25) is 0 Å². The standard InChI is InChI=1S/C13H20N2O3S/c1-19(17,18)11-5-4-8-14-12(11)15-9-13(10-16)6-2-3-7-13/h4-5,8,16H,2-3,6-7,9-10H2,1H3,(H,14,15). The van der Waals surface area contributed by atoms with Crippen molar-refractivity contribution in [3.63, 3.8) is 0 Å².